The van der Waals surface area contributed by atoms with Crippen LogP contribution in [0.3, 0.4) is 0 Å². The zero-order chi connectivity index (χ0) is 12.1. The summed E-state index contributed by atoms with van der Waals surface area (Å²) in [6, 6.07) is 10.0. The van der Waals surface area contributed by atoms with Crippen LogP contribution >= 0.6 is 0 Å². The lowest BCUT2D eigenvalue weighted by molar-refractivity contribution is 0.314. The Morgan fingerprint density at radius 2 is 1.83 bits per heavy atom. The lowest BCUT2D eigenvalue weighted by Crippen LogP contribution is -1.93. The molecule has 0 fully saturated rings. The third-order valence-corrected chi connectivity index (χ3v) is 3.14. The molecule has 90 valence electrons. The van der Waals surface area contributed by atoms with Gasteiger partial charge in [-0.25, -0.2) is 0 Å². The molecular formula is C15H12O3. The topological polar surface area (TPSA) is 34.3 Å². The molecule has 0 unspecified atom stereocenters. The van der Waals surface area contributed by atoms with Gasteiger partial charge in [-0.05, 0) is 24.6 Å². The van der Waals surface area contributed by atoms with Gasteiger partial charge in [0.2, 0.25) is 5.75 Å². The molecule has 0 atom stereocenters. The largest absolute Gasteiger partial charge is 0.490 e. The van der Waals surface area contributed by atoms with E-state index in [0.717, 1.165) is 52.9 Å². The SMILES string of the molecule is CCCOc1ccc(-c2cccc3c2O3)c2c1O2. The second-order valence-electron chi connectivity index (χ2n) is 4.45. The van der Waals surface area contributed by atoms with Gasteiger partial charge >= 0.3 is 0 Å². The molecule has 0 spiro atoms. The Morgan fingerprint density at radius 1 is 0.944 bits per heavy atom. The minimum atomic E-state index is 0.721. The summed E-state index contributed by atoms with van der Waals surface area (Å²) >= 11 is 0. The quantitative estimate of drug-likeness (QED) is 0.497. The number of rotatable bonds is 4. The van der Waals surface area contributed by atoms with Crippen LogP contribution in [-0.4, -0.2) is 6.61 Å². The minimum Gasteiger partial charge on any atom is -0.490 e. The summed E-state index contributed by atoms with van der Waals surface area (Å²) in [5, 5.41) is 0. The number of benzene rings is 2. The van der Waals surface area contributed by atoms with Gasteiger partial charge in [0.15, 0.2) is 23.0 Å². The third kappa shape index (κ3) is 1.37. The summed E-state index contributed by atoms with van der Waals surface area (Å²) in [6.45, 7) is 2.81. The molecule has 2 aromatic rings. The maximum absolute atomic E-state index is 5.62. The Bertz CT molecular complexity index is 646. The smallest absolute Gasteiger partial charge is 0.212 e. The molecule has 2 aliphatic heterocycles. The van der Waals surface area contributed by atoms with E-state index in [4.69, 9.17) is 14.2 Å². The molecule has 0 radical (unpaired) electrons. The van der Waals surface area contributed by atoms with Gasteiger partial charge in [-0.1, -0.05) is 19.1 Å². The van der Waals surface area contributed by atoms with Gasteiger partial charge in [0.05, 0.1) is 6.61 Å². The first-order valence-electron chi connectivity index (χ1n) is 6.17. The van der Waals surface area contributed by atoms with Gasteiger partial charge in [0.25, 0.3) is 0 Å². The Labute approximate surface area is 105 Å². The van der Waals surface area contributed by atoms with E-state index < -0.39 is 0 Å². The van der Waals surface area contributed by atoms with Crippen molar-refractivity contribution in [3.05, 3.63) is 30.3 Å². The Hall–Kier alpha value is -2.16. The Balaban J connectivity index is 1.71. The van der Waals surface area contributed by atoms with Crippen molar-refractivity contribution in [1.29, 1.82) is 0 Å². The normalized spacial score (nSPS) is 12.9. The van der Waals surface area contributed by atoms with Crippen molar-refractivity contribution in [2.45, 2.75) is 13.3 Å². The van der Waals surface area contributed by atoms with Gasteiger partial charge in [-0.15, -0.1) is 0 Å². The molecule has 0 bridgehead atoms. The lowest BCUT2D eigenvalue weighted by Gasteiger charge is -2.01. The summed E-state index contributed by atoms with van der Waals surface area (Å²) in [7, 11) is 0. The molecule has 18 heavy (non-hydrogen) atoms. The van der Waals surface area contributed by atoms with Crippen LogP contribution < -0.4 is 14.2 Å². The molecule has 0 saturated carbocycles. The fourth-order valence-electron chi connectivity index (χ4n) is 2.17. The first-order valence-corrected chi connectivity index (χ1v) is 6.17. The maximum atomic E-state index is 5.62. The van der Waals surface area contributed by atoms with Crippen molar-refractivity contribution in [3.8, 4) is 39.9 Å². The van der Waals surface area contributed by atoms with Gasteiger partial charge < -0.3 is 14.2 Å². The van der Waals surface area contributed by atoms with E-state index in [1.807, 2.05) is 24.3 Å². The highest BCUT2D eigenvalue weighted by atomic mass is 16.6. The zero-order valence-corrected chi connectivity index (χ0v) is 10.0. The third-order valence-electron chi connectivity index (χ3n) is 3.14. The predicted octanol–water partition coefficient (Wildman–Crippen LogP) is 4.35. The van der Waals surface area contributed by atoms with Crippen LogP contribution in [0.5, 0.6) is 28.7 Å². The average Bonchev–Trinajstić information content (AvgIpc) is 3.26. The van der Waals surface area contributed by atoms with E-state index in [1.54, 1.807) is 0 Å². The van der Waals surface area contributed by atoms with Crippen LogP contribution in [0.2, 0.25) is 0 Å². The monoisotopic (exact) mass is 240 g/mol. The number of hydrogen-bond acceptors (Lipinski definition) is 3. The van der Waals surface area contributed by atoms with E-state index >= 15 is 0 Å². The fraction of sp³-hybridized carbons (Fsp3) is 0.200. The van der Waals surface area contributed by atoms with Crippen LogP contribution in [-0.2, 0) is 0 Å². The van der Waals surface area contributed by atoms with Gasteiger partial charge in [-0.2, -0.15) is 0 Å². The number of ether oxygens (including phenoxy) is 3. The number of para-hydroxylation sites is 1. The number of hydrogen-bond donors (Lipinski definition) is 0. The van der Waals surface area contributed by atoms with Crippen molar-refractivity contribution in [3.63, 3.8) is 0 Å². The standard InChI is InChI=1S/C15H12O3/c1-2-8-16-11-7-6-10(14-15(11)18-14)9-4-3-5-12-13(9)17-12/h3-7H,2,8H2,1H3. The minimum absolute atomic E-state index is 0.721. The number of fused-ring (bicyclic) bond motifs is 2. The molecule has 3 heteroatoms. The van der Waals surface area contributed by atoms with E-state index in [1.165, 1.54) is 0 Å². The molecule has 0 saturated heterocycles. The van der Waals surface area contributed by atoms with Crippen molar-refractivity contribution in [1.82, 2.24) is 0 Å². The highest BCUT2D eigenvalue weighted by molar-refractivity contribution is 5.89. The van der Waals surface area contributed by atoms with Crippen molar-refractivity contribution in [2.24, 2.45) is 0 Å². The average molecular weight is 240 g/mol. The van der Waals surface area contributed by atoms with Crippen molar-refractivity contribution < 1.29 is 14.2 Å². The Kier molecular flexibility index (Phi) is 1.87. The Morgan fingerprint density at radius 3 is 2.72 bits per heavy atom. The second-order valence-corrected chi connectivity index (χ2v) is 4.45. The summed E-state index contributed by atoms with van der Waals surface area (Å²) in [5.74, 6) is 4.57. The van der Waals surface area contributed by atoms with E-state index in [0.29, 0.717) is 0 Å². The zero-order valence-electron chi connectivity index (χ0n) is 10.0. The maximum Gasteiger partial charge on any atom is 0.212 e. The van der Waals surface area contributed by atoms with Crippen LogP contribution in [0.15, 0.2) is 30.3 Å². The summed E-state index contributed by atoms with van der Waals surface area (Å²) < 4.78 is 16.6. The molecule has 2 aliphatic rings. The molecule has 0 aromatic heterocycles. The molecular weight excluding hydrogens is 228 g/mol. The van der Waals surface area contributed by atoms with Crippen molar-refractivity contribution in [2.75, 3.05) is 6.61 Å². The van der Waals surface area contributed by atoms with E-state index in [2.05, 4.69) is 13.0 Å². The van der Waals surface area contributed by atoms with Crippen LogP contribution in [0.1, 0.15) is 13.3 Å². The molecule has 0 amide bonds. The predicted molar refractivity (Wildman–Crippen MR) is 67.8 cm³/mol. The van der Waals surface area contributed by atoms with Gasteiger partial charge in [0.1, 0.15) is 0 Å². The summed E-state index contributed by atoms with van der Waals surface area (Å²) in [5.41, 5.74) is 2.19. The molecule has 2 heterocycles. The first-order chi connectivity index (χ1) is 8.88. The highest BCUT2D eigenvalue weighted by Crippen LogP contribution is 2.61. The van der Waals surface area contributed by atoms with E-state index in [-0.39, 0.29) is 0 Å². The molecule has 0 N–H and O–H groups in total. The summed E-state index contributed by atoms with van der Waals surface area (Å²) in [6.07, 6.45) is 0.997. The van der Waals surface area contributed by atoms with E-state index in [9.17, 15) is 0 Å². The molecule has 3 nitrogen and oxygen atoms in total. The lowest BCUT2D eigenvalue weighted by atomic mass is 10.1. The second kappa shape index (κ2) is 3.42. The van der Waals surface area contributed by atoms with Crippen molar-refractivity contribution >= 4 is 0 Å². The van der Waals surface area contributed by atoms with Crippen LogP contribution in [0, 0.1) is 0 Å². The molecule has 4 rings (SSSR count). The van der Waals surface area contributed by atoms with Gasteiger partial charge in [0, 0.05) is 11.1 Å². The summed E-state index contributed by atoms with van der Waals surface area (Å²) in [4.78, 5) is 0. The van der Waals surface area contributed by atoms with Gasteiger partial charge in [-0.3, -0.25) is 0 Å². The fourth-order valence-corrected chi connectivity index (χ4v) is 2.17. The molecule has 0 aliphatic carbocycles. The highest BCUT2D eigenvalue weighted by Gasteiger charge is 2.34. The first kappa shape index (κ1) is 9.83. The molecule has 2 aromatic carbocycles. The van der Waals surface area contributed by atoms with Crippen LogP contribution in [0.4, 0.5) is 0 Å². The van der Waals surface area contributed by atoms with Crippen LogP contribution in [0.25, 0.3) is 11.1 Å².